The van der Waals surface area contributed by atoms with Crippen LogP contribution in [0, 0.1) is 6.92 Å². The van der Waals surface area contributed by atoms with Gasteiger partial charge in [0, 0.05) is 25.4 Å². The Morgan fingerprint density at radius 2 is 2.25 bits per heavy atom. The normalized spacial score (nSPS) is 15.4. The zero-order valence-electron chi connectivity index (χ0n) is 9.51. The summed E-state index contributed by atoms with van der Waals surface area (Å²) >= 11 is 0. The molecule has 1 saturated carbocycles. The van der Waals surface area contributed by atoms with Crippen molar-refractivity contribution in [1.29, 1.82) is 0 Å². The van der Waals surface area contributed by atoms with Crippen LogP contribution in [0.25, 0.3) is 0 Å². The van der Waals surface area contributed by atoms with Gasteiger partial charge in [0.25, 0.3) is 0 Å². The second kappa shape index (κ2) is 3.37. The smallest absolute Gasteiger partial charge is 0.209 e. The van der Waals surface area contributed by atoms with Crippen LogP contribution in [0.4, 0.5) is 11.8 Å². The first-order valence-electron chi connectivity index (χ1n) is 5.54. The Kier molecular flexibility index (Phi) is 1.99. The topological polar surface area (TPSA) is 47.7 Å². The third-order valence-corrected chi connectivity index (χ3v) is 2.85. The Bertz CT molecular complexity index is 506. The molecule has 0 saturated heterocycles. The van der Waals surface area contributed by atoms with Crippen LogP contribution in [0.5, 0.6) is 0 Å². The molecule has 5 heteroatoms. The van der Waals surface area contributed by atoms with Crippen molar-refractivity contribution in [3.05, 3.63) is 24.2 Å². The van der Waals surface area contributed by atoms with Crippen LogP contribution in [-0.4, -0.2) is 19.3 Å². The summed E-state index contributed by atoms with van der Waals surface area (Å²) in [6.07, 6.45) is 6.40. The summed E-state index contributed by atoms with van der Waals surface area (Å²) in [6, 6.07) is 2.58. The number of nitrogens with zero attached hydrogens (tertiary/aromatic N) is 4. The number of hydrogen-bond donors (Lipinski definition) is 1. The molecule has 2 aromatic rings. The molecule has 1 fully saturated rings. The summed E-state index contributed by atoms with van der Waals surface area (Å²) in [5.41, 5.74) is 1.05. The van der Waals surface area contributed by atoms with Crippen LogP contribution in [-0.2, 0) is 7.05 Å². The predicted octanol–water partition coefficient (Wildman–Crippen LogP) is 2.00. The number of aryl methyl sites for hydroxylation is 2. The van der Waals surface area contributed by atoms with Crippen molar-refractivity contribution >= 4 is 11.8 Å². The van der Waals surface area contributed by atoms with E-state index < -0.39 is 0 Å². The van der Waals surface area contributed by atoms with Crippen molar-refractivity contribution in [2.75, 3.05) is 5.32 Å². The number of anilines is 2. The highest BCUT2D eigenvalue weighted by Gasteiger charge is 2.26. The van der Waals surface area contributed by atoms with Gasteiger partial charge in [-0.2, -0.15) is 5.10 Å². The van der Waals surface area contributed by atoms with Crippen molar-refractivity contribution < 1.29 is 0 Å². The first kappa shape index (κ1) is 9.45. The van der Waals surface area contributed by atoms with Crippen LogP contribution in [0.15, 0.2) is 18.5 Å². The average molecular weight is 217 g/mol. The largest absolute Gasteiger partial charge is 0.314 e. The molecule has 0 amide bonds. The third-order valence-electron chi connectivity index (χ3n) is 2.85. The monoisotopic (exact) mass is 217 g/mol. The third kappa shape index (κ3) is 1.58. The fourth-order valence-electron chi connectivity index (χ4n) is 1.85. The van der Waals surface area contributed by atoms with Gasteiger partial charge in [-0.25, -0.2) is 4.98 Å². The van der Waals surface area contributed by atoms with Crippen LogP contribution < -0.4 is 5.32 Å². The van der Waals surface area contributed by atoms with E-state index in [-0.39, 0.29) is 0 Å². The number of hydrogen-bond acceptors (Lipinski definition) is 3. The fourth-order valence-corrected chi connectivity index (χ4v) is 1.85. The standard InChI is InChI=1S/C11H15N5/c1-8-7-16(9-3-4-9)11(13-8)14-10-5-6-12-15(10)2/h5-7,9H,3-4H2,1-2H3,(H,13,14). The Labute approximate surface area is 94.1 Å². The van der Waals surface area contributed by atoms with Crippen LogP contribution in [0.2, 0.25) is 0 Å². The summed E-state index contributed by atoms with van der Waals surface area (Å²) < 4.78 is 4.03. The zero-order valence-corrected chi connectivity index (χ0v) is 9.51. The van der Waals surface area contributed by atoms with E-state index >= 15 is 0 Å². The molecular formula is C11H15N5. The van der Waals surface area contributed by atoms with Crippen molar-refractivity contribution in [3.63, 3.8) is 0 Å². The minimum atomic E-state index is 0.636. The second-order valence-electron chi connectivity index (χ2n) is 4.31. The highest BCUT2D eigenvalue weighted by molar-refractivity contribution is 5.49. The quantitative estimate of drug-likeness (QED) is 0.855. The molecule has 0 aliphatic heterocycles. The Morgan fingerprint density at radius 1 is 1.44 bits per heavy atom. The SMILES string of the molecule is Cc1cn(C2CC2)c(Nc2ccnn2C)n1. The van der Waals surface area contributed by atoms with Crippen molar-refractivity contribution in [1.82, 2.24) is 19.3 Å². The summed E-state index contributed by atoms with van der Waals surface area (Å²) in [4.78, 5) is 4.50. The molecule has 84 valence electrons. The van der Waals surface area contributed by atoms with Crippen LogP contribution in [0.1, 0.15) is 24.6 Å². The van der Waals surface area contributed by atoms with Gasteiger partial charge < -0.3 is 9.88 Å². The maximum Gasteiger partial charge on any atom is 0.209 e. The van der Waals surface area contributed by atoms with Gasteiger partial charge in [-0.15, -0.1) is 0 Å². The molecule has 0 radical (unpaired) electrons. The summed E-state index contributed by atoms with van der Waals surface area (Å²) in [5.74, 6) is 1.89. The number of rotatable bonds is 3. The molecule has 0 atom stereocenters. The van der Waals surface area contributed by atoms with E-state index in [4.69, 9.17) is 0 Å². The summed E-state index contributed by atoms with van der Waals surface area (Å²) in [7, 11) is 1.92. The van der Waals surface area contributed by atoms with E-state index in [1.807, 2.05) is 20.0 Å². The molecule has 0 spiro atoms. The lowest BCUT2D eigenvalue weighted by Gasteiger charge is -2.08. The lowest BCUT2D eigenvalue weighted by Crippen LogP contribution is -2.04. The van der Waals surface area contributed by atoms with Gasteiger partial charge in [-0.05, 0) is 19.8 Å². The van der Waals surface area contributed by atoms with E-state index in [0.717, 1.165) is 17.5 Å². The molecule has 1 aliphatic rings. The van der Waals surface area contributed by atoms with E-state index in [9.17, 15) is 0 Å². The minimum Gasteiger partial charge on any atom is -0.314 e. The molecule has 16 heavy (non-hydrogen) atoms. The van der Waals surface area contributed by atoms with Gasteiger partial charge in [0.15, 0.2) is 0 Å². The van der Waals surface area contributed by atoms with Crippen molar-refractivity contribution in [3.8, 4) is 0 Å². The maximum atomic E-state index is 4.50. The number of imidazole rings is 1. The van der Waals surface area contributed by atoms with E-state index in [0.29, 0.717) is 6.04 Å². The van der Waals surface area contributed by atoms with Gasteiger partial charge in [0.1, 0.15) is 5.82 Å². The predicted molar refractivity (Wildman–Crippen MR) is 61.7 cm³/mol. The average Bonchev–Trinajstić information content (AvgIpc) is 2.92. The summed E-state index contributed by atoms with van der Waals surface area (Å²) in [6.45, 7) is 2.02. The Morgan fingerprint density at radius 3 is 2.88 bits per heavy atom. The number of nitrogens with one attached hydrogen (secondary N) is 1. The summed E-state index contributed by atoms with van der Waals surface area (Å²) in [5, 5.41) is 7.44. The van der Waals surface area contributed by atoms with Crippen LogP contribution in [0.3, 0.4) is 0 Å². The van der Waals surface area contributed by atoms with Crippen LogP contribution >= 0.6 is 0 Å². The molecule has 2 heterocycles. The van der Waals surface area contributed by atoms with Gasteiger partial charge in [0.05, 0.1) is 11.9 Å². The van der Waals surface area contributed by atoms with Crippen molar-refractivity contribution in [2.45, 2.75) is 25.8 Å². The fraction of sp³-hybridized carbons (Fsp3) is 0.455. The highest BCUT2D eigenvalue weighted by atomic mass is 15.3. The van der Waals surface area contributed by atoms with Gasteiger partial charge >= 0.3 is 0 Å². The molecule has 1 aliphatic carbocycles. The Balaban J connectivity index is 1.91. The molecule has 3 rings (SSSR count). The maximum absolute atomic E-state index is 4.50. The zero-order chi connectivity index (χ0) is 11.1. The number of aromatic nitrogens is 4. The first-order chi connectivity index (χ1) is 7.74. The molecule has 0 aromatic carbocycles. The molecule has 1 N–H and O–H groups in total. The van der Waals surface area contributed by atoms with E-state index in [1.54, 1.807) is 10.9 Å². The molecule has 2 aromatic heterocycles. The van der Waals surface area contributed by atoms with Gasteiger partial charge in [0.2, 0.25) is 5.95 Å². The highest BCUT2D eigenvalue weighted by Crippen LogP contribution is 2.37. The van der Waals surface area contributed by atoms with Crippen molar-refractivity contribution in [2.24, 2.45) is 7.05 Å². The first-order valence-corrected chi connectivity index (χ1v) is 5.54. The Hall–Kier alpha value is -1.78. The van der Waals surface area contributed by atoms with Gasteiger partial charge in [-0.3, -0.25) is 4.68 Å². The van der Waals surface area contributed by atoms with Gasteiger partial charge in [-0.1, -0.05) is 0 Å². The van der Waals surface area contributed by atoms with E-state index in [2.05, 4.69) is 26.2 Å². The minimum absolute atomic E-state index is 0.636. The molecule has 0 bridgehead atoms. The molecular weight excluding hydrogens is 202 g/mol. The van der Waals surface area contributed by atoms with E-state index in [1.165, 1.54) is 12.8 Å². The molecule has 5 nitrogen and oxygen atoms in total. The molecule has 0 unspecified atom stereocenters. The lowest BCUT2D eigenvalue weighted by molar-refractivity contribution is 0.740. The second-order valence-corrected chi connectivity index (χ2v) is 4.31. The lowest BCUT2D eigenvalue weighted by atomic mass is 10.5.